The van der Waals surface area contributed by atoms with Crippen LogP contribution in [-0.4, -0.2) is 54.8 Å². The van der Waals surface area contributed by atoms with Gasteiger partial charge in [0.2, 0.25) is 11.8 Å². The second kappa shape index (κ2) is 7.48. The number of thiophene rings is 1. The van der Waals surface area contributed by atoms with Crippen molar-refractivity contribution in [3.63, 3.8) is 0 Å². The summed E-state index contributed by atoms with van der Waals surface area (Å²) in [4.78, 5) is 61.1. The fourth-order valence-corrected chi connectivity index (χ4v) is 8.12. The molecule has 0 radical (unpaired) electrons. The number of hydrogen-bond donors (Lipinski definition) is 0. The third-order valence-corrected chi connectivity index (χ3v) is 9.61. The monoisotopic (exact) mass is 493 g/mol. The van der Waals surface area contributed by atoms with Gasteiger partial charge in [0.25, 0.3) is 5.91 Å². The average molecular weight is 494 g/mol. The Morgan fingerprint density at radius 2 is 1.91 bits per heavy atom. The van der Waals surface area contributed by atoms with Crippen molar-refractivity contribution in [3.8, 4) is 0 Å². The van der Waals surface area contributed by atoms with Crippen molar-refractivity contribution in [2.45, 2.75) is 45.2 Å². The van der Waals surface area contributed by atoms with Gasteiger partial charge in [0, 0.05) is 28.7 Å². The minimum Gasteiger partial charge on any atom is -0.465 e. The smallest absolute Gasteiger partial charge is 0.341 e. The van der Waals surface area contributed by atoms with E-state index in [1.54, 1.807) is 11.8 Å². The van der Waals surface area contributed by atoms with Gasteiger partial charge in [-0.2, -0.15) is 0 Å². The van der Waals surface area contributed by atoms with E-state index in [-0.39, 0.29) is 23.4 Å². The molecule has 5 heterocycles. The Morgan fingerprint density at radius 3 is 2.63 bits per heavy atom. The molecule has 35 heavy (non-hydrogen) atoms. The molecule has 4 atom stereocenters. The highest BCUT2D eigenvalue weighted by molar-refractivity contribution is 7.17. The zero-order chi connectivity index (χ0) is 24.8. The number of fused-ring (bicyclic) bond motifs is 7. The average Bonchev–Trinajstić information content (AvgIpc) is 3.60. The fourth-order valence-electron chi connectivity index (χ4n) is 6.96. The van der Waals surface area contributed by atoms with Crippen LogP contribution in [0.15, 0.2) is 24.3 Å². The summed E-state index contributed by atoms with van der Waals surface area (Å²) in [5.74, 6) is -2.89. The first-order valence-electron chi connectivity index (χ1n) is 12.0. The molecule has 3 amide bonds. The van der Waals surface area contributed by atoms with Gasteiger partial charge < -0.3 is 9.64 Å². The number of aryl methyl sites for hydroxylation is 1. The highest BCUT2D eigenvalue weighted by Gasteiger charge is 2.75. The van der Waals surface area contributed by atoms with Crippen LogP contribution in [-0.2, 0) is 24.7 Å². The minimum atomic E-state index is -1.20. The number of esters is 1. The van der Waals surface area contributed by atoms with Crippen molar-refractivity contribution in [2.75, 3.05) is 30.0 Å². The summed E-state index contributed by atoms with van der Waals surface area (Å²) >= 11 is 1.25. The number of methoxy groups -OCH3 is 1. The van der Waals surface area contributed by atoms with E-state index in [0.717, 1.165) is 29.0 Å². The molecule has 4 aliphatic rings. The molecule has 1 spiro atoms. The molecule has 1 aromatic carbocycles. The number of carbonyl (C=O) groups is 4. The molecule has 182 valence electrons. The number of likely N-dealkylation sites (N-methyl/N-ethyl adjacent to an activating group) is 1. The van der Waals surface area contributed by atoms with Gasteiger partial charge in [-0.25, -0.2) is 9.69 Å². The van der Waals surface area contributed by atoms with Gasteiger partial charge in [0.1, 0.15) is 10.5 Å². The van der Waals surface area contributed by atoms with Crippen LogP contribution in [0.25, 0.3) is 0 Å². The lowest BCUT2D eigenvalue weighted by Crippen LogP contribution is -2.56. The highest BCUT2D eigenvalue weighted by Crippen LogP contribution is 2.62. The van der Waals surface area contributed by atoms with Crippen LogP contribution in [0.4, 0.5) is 10.7 Å². The topological polar surface area (TPSA) is 87.2 Å². The number of rotatable bonds is 3. The number of para-hydroxylation sites is 1. The Balaban J connectivity index is 1.57. The zero-order valence-corrected chi connectivity index (χ0v) is 21.0. The van der Waals surface area contributed by atoms with Gasteiger partial charge in [-0.3, -0.25) is 19.3 Å². The van der Waals surface area contributed by atoms with Crippen LogP contribution >= 0.6 is 11.3 Å². The van der Waals surface area contributed by atoms with Crippen molar-refractivity contribution in [1.29, 1.82) is 0 Å². The molecule has 0 aliphatic carbocycles. The van der Waals surface area contributed by atoms with Crippen LogP contribution in [0.3, 0.4) is 0 Å². The lowest BCUT2D eigenvalue weighted by molar-refractivity contribution is -0.137. The van der Waals surface area contributed by atoms with Gasteiger partial charge in [0.05, 0.1) is 24.5 Å². The molecule has 1 aromatic heterocycles. The second-order valence-corrected chi connectivity index (χ2v) is 10.9. The molecule has 8 nitrogen and oxygen atoms in total. The van der Waals surface area contributed by atoms with Crippen molar-refractivity contribution in [2.24, 2.45) is 11.8 Å². The number of carbonyl (C=O) groups excluding carboxylic acids is 4. The number of hydrogen-bond acceptors (Lipinski definition) is 7. The standard InChI is InChI=1S/C26H27N3O5S/c1-5-27-16-10-7-6-9-15(16)26(25(27)33)20-19(17-11-8-12-28(17)26)21(30)29(22(20)31)23-18(24(32)34-4)13(2)14(3)35-23/h6-7,9-10,17,19-20H,5,8,11-12H2,1-4H3/t17-,19+,20-,26-/m0/s1. The fraction of sp³-hybridized carbons (Fsp3) is 0.462. The number of benzene rings is 1. The van der Waals surface area contributed by atoms with E-state index in [1.807, 2.05) is 38.1 Å². The maximum absolute atomic E-state index is 14.3. The first-order valence-corrected chi connectivity index (χ1v) is 12.9. The van der Waals surface area contributed by atoms with Crippen LogP contribution < -0.4 is 9.80 Å². The van der Waals surface area contributed by atoms with Crippen molar-refractivity contribution >= 4 is 45.7 Å². The molecule has 2 aromatic rings. The lowest BCUT2D eigenvalue weighted by Gasteiger charge is -2.37. The van der Waals surface area contributed by atoms with Crippen LogP contribution in [0.2, 0.25) is 0 Å². The van der Waals surface area contributed by atoms with Crippen molar-refractivity contribution < 1.29 is 23.9 Å². The number of nitrogens with zero attached hydrogens (tertiary/aromatic N) is 3. The molecule has 3 saturated heterocycles. The minimum absolute atomic E-state index is 0.129. The van der Waals surface area contributed by atoms with E-state index in [2.05, 4.69) is 4.90 Å². The van der Waals surface area contributed by atoms with E-state index in [0.29, 0.717) is 23.7 Å². The Bertz CT molecular complexity index is 1320. The van der Waals surface area contributed by atoms with Gasteiger partial charge in [-0.15, -0.1) is 11.3 Å². The molecular formula is C26H27N3O5S. The Hall–Kier alpha value is -3.04. The number of amides is 3. The van der Waals surface area contributed by atoms with E-state index in [4.69, 9.17) is 4.74 Å². The van der Waals surface area contributed by atoms with Crippen molar-refractivity contribution in [3.05, 3.63) is 45.8 Å². The normalized spacial score (nSPS) is 29.4. The zero-order valence-electron chi connectivity index (χ0n) is 20.2. The predicted octanol–water partition coefficient (Wildman–Crippen LogP) is 3.00. The first kappa shape index (κ1) is 22.4. The summed E-state index contributed by atoms with van der Waals surface area (Å²) in [5, 5.41) is 0.307. The maximum atomic E-state index is 14.3. The summed E-state index contributed by atoms with van der Waals surface area (Å²) < 4.78 is 5.00. The predicted molar refractivity (Wildman–Crippen MR) is 130 cm³/mol. The molecule has 0 unspecified atom stereocenters. The van der Waals surface area contributed by atoms with Crippen LogP contribution in [0.1, 0.15) is 46.1 Å². The number of imide groups is 1. The quantitative estimate of drug-likeness (QED) is 0.483. The van der Waals surface area contributed by atoms with E-state index >= 15 is 0 Å². The highest BCUT2D eigenvalue weighted by atomic mass is 32.1. The largest absolute Gasteiger partial charge is 0.465 e. The number of ether oxygens (including phenoxy) is 1. The number of anilines is 2. The Kier molecular flexibility index (Phi) is 4.79. The Morgan fingerprint density at radius 1 is 1.17 bits per heavy atom. The Labute approximate surface area is 207 Å². The third-order valence-electron chi connectivity index (χ3n) is 8.42. The molecule has 4 aliphatic heterocycles. The van der Waals surface area contributed by atoms with Gasteiger partial charge in [-0.05, 0) is 51.8 Å². The second-order valence-electron chi connectivity index (χ2n) is 9.71. The van der Waals surface area contributed by atoms with Crippen LogP contribution in [0, 0.1) is 25.7 Å². The summed E-state index contributed by atoms with van der Waals surface area (Å²) in [5.41, 5.74) is 1.37. The van der Waals surface area contributed by atoms with E-state index in [9.17, 15) is 19.2 Å². The SMILES string of the molecule is CCN1C(=O)[C@]2(c3ccccc31)[C@@H]1C(=O)N(c3sc(C)c(C)c3C(=O)OC)C(=O)[C@@H]1[C@@H]1CCCN12. The van der Waals surface area contributed by atoms with Crippen molar-refractivity contribution in [1.82, 2.24) is 4.90 Å². The maximum Gasteiger partial charge on any atom is 0.341 e. The lowest BCUT2D eigenvalue weighted by atomic mass is 9.75. The van der Waals surface area contributed by atoms with Crippen LogP contribution in [0.5, 0.6) is 0 Å². The third kappa shape index (κ3) is 2.50. The first-order chi connectivity index (χ1) is 16.8. The summed E-state index contributed by atoms with van der Waals surface area (Å²) in [6.07, 6.45) is 1.62. The summed E-state index contributed by atoms with van der Waals surface area (Å²) in [6, 6.07) is 7.45. The summed E-state index contributed by atoms with van der Waals surface area (Å²) in [7, 11) is 1.29. The molecule has 6 rings (SSSR count). The summed E-state index contributed by atoms with van der Waals surface area (Å²) in [6.45, 7) is 6.73. The molecule has 3 fully saturated rings. The molecular weight excluding hydrogens is 466 g/mol. The van der Waals surface area contributed by atoms with Gasteiger partial charge in [-0.1, -0.05) is 18.2 Å². The molecule has 0 bridgehead atoms. The van der Waals surface area contributed by atoms with E-state index in [1.165, 1.54) is 23.3 Å². The van der Waals surface area contributed by atoms with E-state index < -0.39 is 29.3 Å². The molecule has 9 heteroatoms. The van der Waals surface area contributed by atoms with Gasteiger partial charge in [0.15, 0.2) is 0 Å². The molecule has 0 N–H and O–H groups in total. The van der Waals surface area contributed by atoms with Gasteiger partial charge >= 0.3 is 5.97 Å². The molecule has 0 saturated carbocycles.